The van der Waals surface area contributed by atoms with Gasteiger partial charge in [-0.1, -0.05) is 6.92 Å². The maximum Gasteiger partial charge on any atom is 0.452 e. The van der Waals surface area contributed by atoms with Crippen molar-refractivity contribution in [3.63, 3.8) is 0 Å². The van der Waals surface area contributed by atoms with Crippen molar-refractivity contribution in [1.29, 1.82) is 0 Å². The van der Waals surface area contributed by atoms with Crippen LogP contribution >= 0.6 is 0 Å². The number of hydrogen-bond donors (Lipinski definition) is 1. The van der Waals surface area contributed by atoms with E-state index in [0.29, 0.717) is 19.8 Å². The third-order valence-electron chi connectivity index (χ3n) is 1.93. The molecular formula is C9H23NO3Si. The molecule has 4 nitrogen and oxygen atoms in total. The molecule has 0 fully saturated rings. The minimum Gasteiger partial charge on any atom is -0.382 e. The van der Waals surface area contributed by atoms with Gasteiger partial charge in [0, 0.05) is 19.8 Å². The van der Waals surface area contributed by atoms with E-state index in [1.165, 1.54) is 0 Å². The zero-order valence-electron chi connectivity index (χ0n) is 9.71. The van der Waals surface area contributed by atoms with E-state index >= 15 is 0 Å². The highest BCUT2D eigenvalue weighted by atomic mass is 28.4. The molecule has 2 N–H and O–H groups in total. The number of rotatable bonds is 8. The molecule has 0 aromatic heterocycles. The molecule has 1 atom stereocenters. The fourth-order valence-electron chi connectivity index (χ4n) is 1.40. The fraction of sp³-hybridized carbons (Fsp3) is 1.00. The average molecular weight is 221 g/mol. The van der Waals surface area contributed by atoms with E-state index in [4.69, 9.17) is 19.0 Å². The highest BCUT2D eigenvalue weighted by Crippen LogP contribution is 2.13. The van der Waals surface area contributed by atoms with Crippen molar-refractivity contribution in [2.75, 3.05) is 19.8 Å². The van der Waals surface area contributed by atoms with Crippen molar-refractivity contribution in [3.8, 4) is 0 Å². The summed E-state index contributed by atoms with van der Waals surface area (Å²) in [5.74, 6) is 0. The van der Waals surface area contributed by atoms with Crippen LogP contribution in [0.4, 0.5) is 0 Å². The summed E-state index contributed by atoms with van der Waals surface area (Å²) in [4.78, 5) is 0. The van der Waals surface area contributed by atoms with Gasteiger partial charge in [0.25, 0.3) is 0 Å². The van der Waals surface area contributed by atoms with Gasteiger partial charge >= 0.3 is 8.72 Å². The molecule has 1 unspecified atom stereocenters. The zero-order valence-corrected chi connectivity index (χ0v) is 10.7. The topological polar surface area (TPSA) is 53.7 Å². The summed E-state index contributed by atoms with van der Waals surface area (Å²) in [6, 6.07) is 0. The van der Waals surface area contributed by atoms with E-state index in [1.807, 2.05) is 27.7 Å². The number of hydrogen-bond acceptors (Lipinski definition) is 4. The Morgan fingerprint density at radius 3 is 1.79 bits per heavy atom. The van der Waals surface area contributed by atoms with E-state index in [1.54, 1.807) is 0 Å². The van der Waals surface area contributed by atoms with Crippen LogP contribution in [0.25, 0.3) is 0 Å². The van der Waals surface area contributed by atoms with Gasteiger partial charge in [-0.2, -0.15) is 0 Å². The molecule has 0 aliphatic rings. The average Bonchev–Trinajstić information content (AvgIpc) is 2.14. The third kappa shape index (κ3) is 4.06. The van der Waals surface area contributed by atoms with Crippen molar-refractivity contribution in [2.45, 2.75) is 39.8 Å². The minimum atomic E-state index is -2.62. The summed E-state index contributed by atoms with van der Waals surface area (Å²) in [6.07, 6.45) is 0.830. The third-order valence-corrected chi connectivity index (χ3v) is 4.88. The Kier molecular flexibility index (Phi) is 7.39. The Morgan fingerprint density at radius 1 is 1.00 bits per heavy atom. The highest BCUT2D eigenvalue weighted by Gasteiger charge is 2.42. The van der Waals surface area contributed by atoms with Crippen LogP contribution in [0.15, 0.2) is 0 Å². The second kappa shape index (κ2) is 7.36. The van der Waals surface area contributed by atoms with Crippen LogP contribution in [0.2, 0.25) is 0 Å². The SMILES string of the molecule is CCOC(CC)[Si](N)(OCC)OCC. The second-order valence-electron chi connectivity index (χ2n) is 2.94. The van der Waals surface area contributed by atoms with Crippen molar-refractivity contribution in [2.24, 2.45) is 5.40 Å². The van der Waals surface area contributed by atoms with Gasteiger partial charge in [-0.05, 0) is 27.2 Å². The van der Waals surface area contributed by atoms with Crippen LogP contribution < -0.4 is 5.40 Å². The normalized spacial score (nSPS) is 14.4. The molecule has 0 bridgehead atoms. The standard InChI is InChI=1S/C9H23NO3Si/c1-5-9(11-6-2)14(10,12-7-3)13-8-4/h9H,5-8,10H2,1-4H3. The molecule has 0 spiro atoms. The molecule has 0 aromatic carbocycles. The molecule has 0 saturated heterocycles. The van der Waals surface area contributed by atoms with Gasteiger partial charge in [-0.25, -0.2) is 0 Å². The quantitative estimate of drug-likeness (QED) is 0.628. The Labute approximate surface area is 88.0 Å². The van der Waals surface area contributed by atoms with Gasteiger partial charge in [0.2, 0.25) is 0 Å². The summed E-state index contributed by atoms with van der Waals surface area (Å²) in [5.41, 5.74) is -0.0765. The predicted octanol–water partition coefficient (Wildman–Crippen LogP) is 1.31. The van der Waals surface area contributed by atoms with Crippen molar-refractivity contribution >= 4 is 8.72 Å². The van der Waals surface area contributed by atoms with Crippen molar-refractivity contribution in [3.05, 3.63) is 0 Å². The van der Waals surface area contributed by atoms with Crippen LogP contribution in [0.1, 0.15) is 34.1 Å². The molecule has 86 valence electrons. The van der Waals surface area contributed by atoms with E-state index < -0.39 is 8.72 Å². The molecule has 0 rings (SSSR count). The Hall–Kier alpha value is 0.0569. The molecule has 0 aliphatic carbocycles. The van der Waals surface area contributed by atoms with Crippen LogP contribution in [-0.2, 0) is 13.6 Å². The number of ether oxygens (including phenoxy) is 1. The molecule has 0 heterocycles. The molecule has 0 aromatic rings. The monoisotopic (exact) mass is 221 g/mol. The highest BCUT2D eigenvalue weighted by molar-refractivity contribution is 6.65. The summed E-state index contributed by atoms with van der Waals surface area (Å²) in [5, 5.41) is 6.13. The second-order valence-corrected chi connectivity index (χ2v) is 5.60. The first kappa shape index (κ1) is 14.1. The van der Waals surface area contributed by atoms with E-state index in [9.17, 15) is 0 Å². The lowest BCUT2D eigenvalue weighted by Gasteiger charge is -2.31. The van der Waals surface area contributed by atoms with E-state index in [-0.39, 0.29) is 5.73 Å². The summed E-state index contributed by atoms with van der Waals surface area (Å²) >= 11 is 0. The Balaban J connectivity index is 4.39. The molecular weight excluding hydrogens is 198 g/mol. The lowest BCUT2D eigenvalue weighted by atomic mass is 10.5. The largest absolute Gasteiger partial charge is 0.452 e. The molecule has 0 saturated carbocycles. The molecule has 0 aliphatic heterocycles. The van der Waals surface area contributed by atoms with Crippen LogP contribution in [0.5, 0.6) is 0 Å². The molecule has 0 radical (unpaired) electrons. The van der Waals surface area contributed by atoms with Gasteiger partial charge in [0.15, 0.2) is 0 Å². The van der Waals surface area contributed by atoms with Gasteiger partial charge in [0.05, 0.1) is 0 Å². The lowest BCUT2D eigenvalue weighted by Crippen LogP contribution is -2.62. The van der Waals surface area contributed by atoms with Gasteiger partial charge in [-0.3, -0.25) is 0 Å². The van der Waals surface area contributed by atoms with E-state index in [0.717, 1.165) is 6.42 Å². The van der Waals surface area contributed by atoms with Gasteiger partial charge < -0.3 is 19.0 Å². The summed E-state index contributed by atoms with van der Waals surface area (Å²) in [6.45, 7) is 9.63. The van der Waals surface area contributed by atoms with E-state index in [2.05, 4.69) is 0 Å². The maximum absolute atomic E-state index is 6.13. The molecule has 5 heteroatoms. The minimum absolute atomic E-state index is 0.0765. The lowest BCUT2D eigenvalue weighted by molar-refractivity contribution is 0.0510. The Bertz CT molecular complexity index is 140. The summed E-state index contributed by atoms with van der Waals surface area (Å²) in [7, 11) is -2.62. The van der Waals surface area contributed by atoms with Gasteiger partial charge in [-0.15, -0.1) is 0 Å². The van der Waals surface area contributed by atoms with Crippen molar-refractivity contribution < 1.29 is 13.6 Å². The Morgan fingerprint density at radius 2 is 1.50 bits per heavy atom. The van der Waals surface area contributed by atoms with Crippen LogP contribution in [-0.4, -0.2) is 34.3 Å². The summed E-state index contributed by atoms with van der Waals surface area (Å²) < 4.78 is 16.6. The maximum atomic E-state index is 6.13. The fourth-order valence-corrected chi connectivity index (χ4v) is 3.72. The van der Waals surface area contributed by atoms with Gasteiger partial charge in [0.1, 0.15) is 5.73 Å². The molecule has 14 heavy (non-hydrogen) atoms. The number of nitrogens with two attached hydrogens (primary N) is 1. The first-order valence-corrected chi connectivity index (χ1v) is 7.30. The van der Waals surface area contributed by atoms with Crippen LogP contribution in [0, 0.1) is 0 Å². The smallest absolute Gasteiger partial charge is 0.382 e. The first-order chi connectivity index (χ1) is 6.64. The molecule has 0 amide bonds. The van der Waals surface area contributed by atoms with Crippen molar-refractivity contribution in [1.82, 2.24) is 0 Å². The first-order valence-electron chi connectivity index (χ1n) is 5.32. The predicted molar refractivity (Wildman–Crippen MR) is 58.9 cm³/mol. The zero-order chi connectivity index (χ0) is 11.0. The van der Waals surface area contributed by atoms with Crippen LogP contribution in [0.3, 0.4) is 0 Å².